The van der Waals surface area contributed by atoms with E-state index in [0.29, 0.717) is 11.8 Å². The van der Waals surface area contributed by atoms with E-state index in [2.05, 4.69) is 41.5 Å². The van der Waals surface area contributed by atoms with Crippen molar-refractivity contribution in [2.75, 3.05) is 18.4 Å². The maximum Gasteiger partial charge on any atom is 0.0651 e. The molecule has 0 bridgehead atoms. The molecule has 0 aliphatic carbocycles. The van der Waals surface area contributed by atoms with Crippen LogP contribution in [0.5, 0.6) is 0 Å². The standard InChI is InChI=1S/C13H20N4/c1-9(2)11(6-14)7-15-12-3-4-13-10(5-12)8-16-17-13/h3-5,8-9,11,15H,6-7,14H2,1-2H3,(H,16,17). The predicted molar refractivity (Wildman–Crippen MR) is 72.0 cm³/mol. The zero-order valence-electron chi connectivity index (χ0n) is 10.4. The molecule has 0 radical (unpaired) electrons. The normalized spacial score (nSPS) is 13.2. The van der Waals surface area contributed by atoms with E-state index in [0.717, 1.165) is 29.7 Å². The van der Waals surface area contributed by atoms with Gasteiger partial charge in [-0.25, -0.2) is 0 Å². The molecule has 4 N–H and O–H groups in total. The van der Waals surface area contributed by atoms with Crippen molar-refractivity contribution in [3.8, 4) is 0 Å². The maximum atomic E-state index is 5.76. The average molecular weight is 232 g/mol. The van der Waals surface area contributed by atoms with Gasteiger partial charge in [0, 0.05) is 17.6 Å². The van der Waals surface area contributed by atoms with Crippen LogP contribution < -0.4 is 11.1 Å². The Balaban J connectivity index is 2.02. The SMILES string of the molecule is CC(C)C(CN)CNc1ccc2[nH]ncc2c1. The minimum atomic E-state index is 0.509. The Morgan fingerprint density at radius 3 is 2.94 bits per heavy atom. The number of benzene rings is 1. The molecule has 1 atom stereocenters. The Bertz CT molecular complexity index is 475. The van der Waals surface area contributed by atoms with Crippen LogP contribution >= 0.6 is 0 Å². The van der Waals surface area contributed by atoms with E-state index in [4.69, 9.17) is 5.73 Å². The van der Waals surface area contributed by atoms with Crippen molar-refractivity contribution in [2.45, 2.75) is 13.8 Å². The number of hydrogen-bond acceptors (Lipinski definition) is 3. The summed E-state index contributed by atoms with van der Waals surface area (Å²) in [6, 6.07) is 6.21. The van der Waals surface area contributed by atoms with Crippen molar-refractivity contribution in [3.63, 3.8) is 0 Å². The van der Waals surface area contributed by atoms with Gasteiger partial charge < -0.3 is 11.1 Å². The zero-order chi connectivity index (χ0) is 12.3. The number of H-pyrrole nitrogens is 1. The van der Waals surface area contributed by atoms with Gasteiger partial charge >= 0.3 is 0 Å². The fraction of sp³-hybridized carbons (Fsp3) is 0.462. The highest BCUT2D eigenvalue weighted by Gasteiger charge is 2.10. The van der Waals surface area contributed by atoms with Gasteiger partial charge in [0.15, 0.2) is 0 Å². The van der Waals surface area contributed by atoms with Crippen molar-refractivity contribution in [1.82, 2.24) is 10.2 Å². The lowest BCUT2D eigenvalue weighted by atomic mass is 9.96. The van der Waals surface area contributed by atoms with E-state index < -0.39 is 0 Å². The molecule has 2 rings (SSSR count). The van der Waals surface area contributed by atoms with Gasteiger partial charge in [-0.05, 0) is 36.6 Å². The second kappa shape index (κ2) is 5.19. The lowest BCUT2D eigenvalue weighted by molar-refractivity contribution is 0.413. The van der Waals surface area contributed by atoms with Crippen molar-refractivity contribution in [2.24, 2.45) is 17.6 Å². The minimum absolute atomic E-state index is 0.509. The highest BCUT2D eigenvalue weighted by molar-refractivity contribution is 5.81. The first-order chi connectivity index (χ1) is 8.20. The largest absolute Gasteiger partial charge is 0.385 e. The third-order valence-electron chi connectivity index (χ3n) is 3.25. The molecule has 1 aromatic carbocycles. The topological polar surface area (TPSA) is 66.7 Å². The molecule has 0 saturated heterocycles. The van der Waals surface area contributed by atoms with Gasteiger partial charge in [-0.3, -0.25) is 5.10 Å². The van der Waals surface area contributed by atoms with Crippen molar-refractivity contribution in [3.05, 3.63) is 24.4 Å². The summed E-state index contributed by atoms with van der Waals surface area (Å²) in [5.41, 5.74) is 7.94. The van der Waals surface area contributed by atoms with Crippen LogP contribution in [0.1, 0.15) is 13.8 Å². The molecule has 17 heavy (non-hydrogen) atoms. The van der Waals surface area contributed by atoms with Crippen LogP contribution in [-0.2, 0) is 0 Å². The molecule has 0 saturated carbocycles. The van der Waals surface area contributed by atoms with Gasteiger partial charge in [0.1, 0.15) is 0 Å². The Kier molecular flexibility index (Phi) is 3.64. The van der Waals surface area contributed by atoms with Gasteiger partial charge in [-0.1, -0.05) is 13.8 Å². The van der Waals surface area contributed by atoms with E-state index in [1.165, 1.54) is 0 Å². The van der Waals surface area contributed by atoms with Gasteiger partial charge in [0.05, 0.1) is 11.7 Å². The fourth-order valence-electron chi connectivity index (χ4n) is 1.89. The maximum absolute atomic E-state index is 5.76. The van der Waals surface area contributed by atoms with E-state index in [1.54, 1.807) is 0 Å². The number of nitrogens with one attached hydrogen (secondary N) is 2. The molecule has 0 amide bonds. The molecule has 1 unspecified atom stereocenters. The van der Waals surface area contributed by atoms with Crippen molar-refractivity contribution < 1.29 is 0 Å². The van der Waals surface area contributed by atoms with Gasteiger partial charge in [0.25, 0.3) is 0 Å². The number of fused-ring (bicyclic) bond motifs is 1. The minimum Gasteiger partial charge on any atom is -0.385 e. The molecular weight excluding hydrogens is 212 g/mol. The summed E-state index contributed by atoms with van der Waals surface area (Å²) in [6.45, 7) is 6.05. The monoisotopic (exact) mass is 232 g/mol. The Morgan fingerprint density at radius 2 is 2.24 bits per heavy atom. The summed E-state index contributed by atoms with van der Waals surface area (Å²) < 4.78 is 0. The summed E-state index contributed by atoms with van der Waals surface area (Å²) in [7, 11) is 0. The van der Waals surface area contributed by atoms with E-state index >= 15 is 0 Å². The molecule has 0 fully saturated rings. The summed E-state index contributed by atoms with van der Waals surface area (Å²) >= 11 is 0. The first-order valence-electron chi connectivity index (χ1n) is 6.07. The van der Waals surface area contributed by atoms with Crippen molar-refractivity contribution >= 4 is 16.6 Å². The summed E-state index contributed by atoms with van der Waals surface area (Å²) in [6.07, 6.45) is 1.84. The molecule has 2 aromatic rings. The van der Waals surface area contributed by atoms with Gasteiger partial charge in [-0.2, -0.15) is 5.10 Å². The summed E-state index contributed by atoms with van der Waals surface area (Å²) in [5, 5.41) is 11.5. The highest BCUT2D eigenvalue weighted by atomic mass is 15.1. The third-order valence-corrected chi connectivity index (χ3v) is 3.25. The Hall–Kier alpha value is -1.55. The molecule has 0 aliphatic heterocycles. The predicted octanol–water partition coefficient (Wildman–Crippen LogP) is 2.21. The van der Waals surface area contributed by atoms with Crippen LogP contribution in [-0.4, -0.2) is 23.3 Å². The molecule has 0 aliphatic rings. The van der Waals surface area contributed by atoms with E-state index in [-0.39, 0.29) is 0 Å². The third kappa shape index (κ3) is 2.77. The second-order valence-electron chi connectivity index (χ2n) is 4.79. The first kappa shape index (κ1) is 11.9. The molecule has 1 aromatic heterocycles. The summed E-state index contributed by atoms with van der Waals surface area (Å²) in [4.78, 5) is 0. The van der Waals surface area contributed by atoms with E-state index in [1.807, 2.05) is 12.3 Å². The van der Waals surface area contributed by atoms with Crippen LogP contribution in [0.15, 0.2) is 24.4 Å². The lowest BCUT2D eigenvalue weighted by Crippen LogP contribution is -2.27. The molecule has 92 valence electrons. The smallest absolute Gasteiger partial charge is 0.0651 e. The lowest BCUT2D eigenvalue weighted by Gasteiger charge is -2.19. The van der Waals surface area contributed by atoms with Crippen molar-refractivity contribution in [1.29, 1.82) is 0 Å². The Labute approximate surface area is 102 Å². The molecule has 4 heteroatoms. The number of aromatic amines is 1. The Morgan fingerprint density at radius 1 is 1.41 bits per heavy atom. The van der Waals surface area contributed by atoms with Crippen LogP contribution in [0.3, 0.4) is 0 Å². The molecule has 0 spiro atoms. The molecular formula is C13H20N4. The highest BCUT2D eigenvalue weighted by Crippen LogP contribution is 2.18. The van der Waals surface area contributed by atoms with Crippen LogP contribution in [0.2, 0.25) is 0 Å². The summed E-state index contributed by atoms with van der Waals surface area (Å²) in [5.74, 6) is 1.11. The zero-order valence-corrected chi connectivity index (χ0v) is 10.4. The molecule has 4 nitrogen and oxygen atoms in total. The second-order valence-corrected chi connectivity index (χ2v) is 4.79. The molecule has 1 heterocycles. The number of aromatic nitrogens is 2. The number of nitrogens with zero attached hydrogens (tertiary/aromatic N) is 1. The van der Waals surface area contributed by atoms with Crippen LogP contribution in [0.25, 0.3) is 10.9 Å². The number of rotatable bonds is 5. The van der Waals surface area contributed by atoms with Gasteiger partial charge in [-0.15, -0.1) is 0 Å². The number of anilines is 1. The average Bonchev–Trinajstić information content (AvgIpc) is 2.76. The van der Waals surface area contributed by atoms with Crippen LogP contribution in [0, 0.1) is 11.8 Å². The fourth-order valence-corrected chi connectivity index (χ4v) is 1.89. The first-order valence-corrected chi connectivity index (χ1v) is 6.07. The number of nitrogens with two attached hydrogens (primary N) is 1. The van der Waals surface area contributed by atoms with Gasteiger partial charge in [0.2, 0.25) is 0 Å². The van der Waals surface area contributed by atoms with Crippen LogP contribution in [0.4, 0.5) is 5.69 Å². The van der Waals surface area contributed by atoms with E-state index in [9.17, 15) is 0 Å². The quantitative estimate of drug-likeness (QED) is 0.740. The number of hydrogen-bond donors (Lipinski definition) is 3.